The Morgan fingerprint density at radius 2 is 1.78 bits per heavy atom. The number of aromatic nitrogens is 4. The molecule has 7 nitrogen and oxygen atoms in total. The molecule has 3 aromatic rings. The highest BCUT2D eigenvalue weighted by Crippen LogP contribution is 2.46. The molecule has 1 saturated carbocycles. The van der Waals surface area contributed by atoms with E-state index in [0.29, 0.717) is 36.8 Å². The molecular weight excluding hydrogens is 491 g/mol. The molecule has 0 bridgehead atoms. The number of nitrogens with zero attached hydrogens (tertiary/aromatic N) is 7. The van der Waals surface area contributed by atoms with Crippen LogP contribution in [0.5, 0.6) is 0 Å². The van der Waals surface area contributed by atoms with Crippen LogP contribution in [-0.4, -0.2) is 63.3 Å². The van der Waals surface area contributed by atoms with Crippen molar-refractivity contribution >= 4 is 23.4 Å². The number of alkyl halides is 2. The summed E-state index contributed by atoms with van der Waals surface area (Å²) in [6.45, 7) is 3.70. The molecule has 0 amide bonds. The van der Waals surface area contributed by atoms with E-state index in [1.807, 2.05) is 22.8 Å². The average Bonchev–Trinajstić information content (AvgIpc) is 3.58. The number of halogens is 4. The number of benzene rings is 1. The van der Waals surface area contributed by atoms with Gasteiger partial charge in [-0.15, -0.1) is 10.2 Å². The molecule has 1 aromatic carbocycles. The van der Waals surface area contributed by atoms with Crippen LogP contribution in [0.2, 0.25) is 5.02 Å². The third-order valence-electron chi connectivity index (χ3n) is 7.79. The first-order valence-electron chi connectivity index (χ1n) is 12.2. The number of rotatable bonds is 5. The fourth-order valence-corrected chi connectivity index (χ4v) is 6.08. The van der Waals surface area contributed by atoms with Gasteiger partial charge in [0.25, 0.3) is 5.92 Å². The molecule has 0 N–H and O–H groups in total. The Balaban J connectivity index is 1.12. The van der Waals surface area contributed by atoms with Crippen LogP contribution in [0.15, 0.2) is 36.5 Å². The normalized spacial score (nSPS) is 21.0. The highest BCUT2D eigenvalue weighted by Gasteiger charge is 2.53. The van der Waals surface area contributed by atoms with Crippen molar-refractivity contribution in [1.29, 1.82) is 0 Å². The van der Waals surface area contributed by atoms with Gasteiger partial charge < -0.3 is 9.80 Å². The molecule has 3 fully saturated rings. The van der Waals surface area contributed by atoms with Gasteiger partial charge in [-0.3, -0.25) is 9.47 Å². The molecule has 0 atom stereocenters. The zero-order valence-corrected chi connectivity index (χ0v) is 20.3. The van der Waals surface area contributed by atoms with E-state index in [2.05, 4.69) is 25.0 Å². The second-order valence-corrected chi connectivity index (χ2v) is 11.2. The van der Waals surface area contributed by atoms with Crippen molar-refractivity contribution in [3.05, 3.63) is 58.8 Å². The molecule has 188 valence electrons. The summed E-state index contributed by atoms with van der Waals surface area (Å²) in [5, 5.41) is 9.51. The fraction of sp³-hybridized carbons (Fsp3) is 0.480. The van der Waals surface area contributed by atoms with E-state index >= 15 is 0 Å². The molecule has 7 rings (SSSR count). The molecule has 0 unspecified atom stereocenters. The summed E-state index contributed by atoms with van der Waals surface area (Å²) < 4.78 is 44.6. The first-order valence-corrected chi connectivity index (χ1v) is 12.6. The Bertz CT molecular complexity index is 1310. The first-order chi connectivity index (χ1) is 17.3. The van der Waals surface area contributed by atoms with Gasteiger partial charge in [0.1, 0.15) is 11.6 Å². The number of hydrogen-bond donors (Lipinski definition) is 0. The van der Waals surface area contributed by atoms with Gasteiger partial charge in [-0.1, -0.05) is 11.6 Å². The Morgan fingerprint density at radius 3 is 2.50 bits per heavy atom. The first kappa shape index (κ1) is 22.4. The maximum absolute atomic E-state index is 14.7. The minimum Gasteiger partial charge on any atom is -0.355 e. The van der Waals surface area contributed by atoms with Crippen molar-refractivity contribution in [3.8, 4) is 5.69 Å². The summed E-state index contributed by atoms with van der Waals surface area (Å²) in [5.74, 6) is -1.40. The van der Waals surface area contributed by atoms with Crippen LogP contribution in [-0.2, 0) is 13.1 Å². The lowest BCUT2D eigenvalue weighted by Crippen LogP contribution is -2.73. The molecule has 36 heavy (non-hydrogen) atoms. The van der Waals surface area contributed by atoms with Crippen molar-refractivity contribution in [2.45, 2.75) is 31.9 Å². The van der Waals surface area contributed by atoms with Crippen molar-refractivity contribution in [2.75, 3.05) is 42.5 Å². The van der Waals surface area contributed by atoms with Crippen molar-refractivity contribution < 1.29 is 13.2 Å². The lowest BCUT2D eigenvalue weighted by atomic mass is 9.73. The summed E-state index contributed by atoms with van der Waals surface area (Å²) in [6, 6.07) is 8.74. The lowest BCUT2D eigenvalue weighted by molar-refractivity contribution is -0.0558. The molecule has 11 heteroatoms. The van der Waals surface area contributed by atoms with Crippen LogP contribution in [0.25, 0.3) is 5.69 Å². The standard InChI is InChI=1S/C25H25ClF3N7/c26-18-3-5-20-16(7-18)9-33(15-25(28,29)17-1-2-17)10-22-31-32-23(36(20)22)35-13-24(14-35)11-34(12-24)21-6-4-19(27)8-30-21/h3-8,17H,1-2,9-15H2. The third kappa shape index (κ3) is 3.73. The SMILES string of the molecule is Fc1ccc(N2CC3(C2)CN(c2nnc4n2-c2ccc(Cl)cc2CN(CC(F)(F)C2CC2)C4)C3)nc1. The quantitative estimate of drug-likeness (QED) is 0.509. The molecule has 0 radical (unpaired) electrons. The Hall–Kier alpha value is -2.85. The second-order valence-electron chi connectivity index (χ2n) is 10.8. The van der Waals surface area contributed by atoms with E-state index in [1.54, 1.807) is 11.0 Å². The molecular formula is C25H25ClF3N7. The Kier molecular flexibility index (Phi) is 4.86. The van der Waals surface area contributed by atoms with Gasteiger partial charge in [0, 0.05) is 49.1 Å². The van der Waals surface area contributed by atoms with Crippen LogP contribution in [0, 0.1) is 17.2 Å². The van der Waals surface area contributed by atoms with E-state index in [-0.39, 0.29) is 17.8 Å². The van der Waals surface area contributed by atoms with Gasteiger partial charge >= 0.3 is 0 Å². The van der Waals surface area contributed by atoms with Crippen LogP contribution in [0.1, 0.15) is 24.2 Å². The molecule has 1 spiro atoms. The number of anilines is 2. The number of hydrogen-bond acceptors (Lipinski definition) is 6. The minimum absolute atomic E-state index is 0.133. The molecule has 2 saturated heterocycles. The predicted octanol–water partition coefficient (Wildman–Crippen LogP) is 4.14. The topological polar surface area (TPSA) is 53.3 Å². The Labute approximate surface area is 211 Å². The number of pyridine rings is 1. The van der Waals surface area contributed by atoms with Gasteiger partial charge in [0.05, 0.1) is 25.0 Å². The van der Waals surface area contributed by atoms with Crippen molar-refractivity contribution in [3.63, 3.8) is 0 Å². The molecule has 5 heterocycles. The molecule has 2 aromatic heterocycles. The maximum Gasteiger partial charge on any atom is 0.263 e. The lowest BCUT2D eigenvalue weighted by Gasteiger charge is -2.60. The Morgan fingerprint density at radius 1 is 1.00 bits per heavy atom. The zero-order chi connectivity index (χ0) is 24.7. The summed E-state index contributed by atoms with van der Waals surface area (Å²) in [5.41, 5.74) is 1.91. The van der Waals surface area contributed by atoms with Gasteiger partial charge in [0.15, 0.2) is 5.82 Å². The van der Waals surface area contributed by atoms with Gasteiger partial charge in [0.2, 0.25) is 5.95 Å². The minimum atomic E-state index is -2.71. The van der Waals surface area contributed by atoms with E-state index in [9.17, 15) is 13.2 Å². The predicted molar refractivity (Wildman–Crippen MR) is 129 cm³/mol. The van der Waals surface area contributed by atoms with Gasteiger partial charge in [-0.2, -0.15) is 0 Å². The molecule has 4 aliphatic rings. The summed E-state index contributed by atoms with van der Waals surface area (Å²) >= 11 is 6.30. The van der Waals surface area contributed by atoms with Gasteiger partial charge in [-0.05, 0) is 48.7 Å². The highest BCUT2D eigenvalue weighted by atomic mass is 35.5. The third-order valence-corrected chi connectivity index (χ3v) is 8.02. The van der Waals surface area contributed by atoms with E-state index < -0.39 is 11.8 Å². The average molecular weight is 516 g/mol. The summed E-state index contributed by atoms with van der Waals surface area (Å²) in [6.07, 6.45) is 2.43. The van der Waals surface area contributed by atoms with Crippen LogP contribution < -0.4 is 9.80 Å². The zero-order valence-electron chi connectivity index (χ0n) is 19.5. The van der Waals surface area contributed by atoms with Crippen molar-refractivity contribution in [1.82, 2.24) is 24.6 Å². The summed E-state index contributed by atoms with van der Waals surface area (Å²) in [7, 11) is 0. The van der Waals surface area contributed by atoms with E-state index in [1.165, 1.54) is 12.3 Å². The fourth-order valence-electron chi connectivity index (χ4n) is 5.89. The molecule has 1 aliphatic carbocycles. The van der Waals surface area contributed by atoms with Crippen LogP contribution in [0.4, 0.5) is 24.9 Å². The van der Waals surface area contributed by atoms with E-state index in [0.717, 1.165) is 49.2 Å². The van der Waals surface area contributed by atoms with Gasteiger partial charge in [-0.25, -0.2) is 18.2 Å². The monoisotopic (exact) mass is 515 g/mol. The van der Waals surface area contributed by atoms with Crippen molar-refractivity contribution in [2.24, 2.45) is 11.3 Å². The molecule has 3 aliphatic heterocycles. The maximum atomic E-state index is 14.7. The van der Waals surface area contributed by atoms with E-state index in [4.69, 9.17) is 11.6 Å². The highest BCUT2D eigenvalue weighted by molar-refractivity contribution is 6.30. The van der Waals surface area contributed by atoms with Crippen LogP contribution in [0.3, 0.4) is 0 Å². The summed E-state index contributed by atoms with van der Waals surface area (Å²) in [4.78, 5) is 10.3. The number of fused-ring (bicyclic) bond motifs is 3. The smallest absolute Gasteiger partial charge is 0.263 e. The second kappa shape index (κ2) is 7.82. The van der Waals surface area contributed by atoms with Crippen LogP contribution >= 0.6 is 11.6 Å². The largest absolute Gasteiger partial charge is 0.355 e.